The lowest BCUT2D eigenvalue weighted by molar-refractivity contribution is 0.327. The van der Waals surface area contributed by atoms with E-state index in [1.807, 2.05) is 0 Å². The van der Waals surface area contributed by atoms with Gasteiger partial charge in [0, 0.05) is 11.7 Å². The minimum Gasteiger partial charge on any atom is -0.367 e. The molecule has 3 rings (SSSR count). The second kappa shape index (κ2) is 5.29. The molecule has 1 aromatic heterocycles. The number of rotatable bonds is 3. The van der Waals surface area contributed by atoms with Crippen LogP contribution in [-0.4, -0.2) is 11.0 Å². The largest absolute Gasteiger partial charge is 0.367 e. The van der Waals surface area contributed by atoms with E-state index in [-0.39, 0.29) is 0 Å². The highest BCUT2D eigenvalue weighted by atomic mass is 15.0. The standard InChI is InChI=1S/C16H24N2/c1-2-12-5-3-7-14(11-12)17-16-10-9-13-6-4-8-15(13)18-16/h9-10,12,14H,2-8,11H2,1H3,(H,17,18). The lowest BCUT2D eigenvalue weighted by atomic mass is 9.84. The number of nitrogens with one attached hydrogen (secondary N) is 1. The van der Waals surface area contributed by atoms with Crippen molar-refractivity contribution in [3.05, 3.63) is 23.4 Å². The molecular formula is C16H24N2. The number of nitrogens with zero attached hydrogens (tertiary/aromatic N) is 1. The van der Waals surface area contributed by atoms with E-state index in [1.54, 1.807) is 0 Å². The third kappa shape index (κ3) is 2.52. The Bertz CT molecular complexity index is 414. The molecule has 0 amide bonds. The molecule has 1 aromatic rings. The summed E-state index contributed by atoms with van der Waals surface area (Å²) in [6.45, 7) is 2.32. The second-order valence-electron chi connectivity index (χ2n) is 5.94. The highest BCUT2D eigenvalue weighted by Gasteiger charge is 2.21. The highest BCUT2D eigenvalue weighted by molar-refractivity contribution is 5.41. The molecule has 1 saturated carbocycles. The number of hydrogen-bond donors (Lipinski definition) is 1. The minimum atomic E-state index is 0.649. The van der Waals surface area contributed by atoms with Gasteiger partial charge in [0.25, 0.3) is 0 Å². The number of pyridine rings is 1. The molecule has 2 nitrogen and oxygen atoms in total. The van der Waals surface area contributed by atoms with Crippen LogP contribution in [0.1, 0.15) is 56.7 Å². The van der Waals surface area contributed by atoms with E-state index in [9.17, 15) is 0 Å². The van der Waals surface area contributed by atoms with E-state index in [4.69, 9.17) is 4.98 Å². The number of aromatic nitrogens is 1. The quantitative estimate of drug-likeness (QED) is 0.870. The maximum absolute atomic E-state index is 4.79. The van der Waals surface area contributed by atoms with Crippen LogP contribution in [0.15, 0.2) is 12.1 Å². The molecule has 2 unspecified atom stereocenters. The SMILES string of the molecule is CCC1CCCC(Nc2ccc3c(n2)CCC3)C1. The van der Waals surface area contributed by atoms with Gasteiger partial charge < -0.3 is 5.32 Å². The molecule has 2 heteroatoms. The van der Waals surface area contributed by atoms with Crippen molar-refractivity contribution in [3.63, 3.8) is 0 Å². The molecule has 1 fully saturated rings. The molecule has 0 saturated heterocycles. The van der Waals surface area contributed by atoms with Gasteiger partial charge in [-0.2, -0.15) is 0 Å². The maximum Gasteiger partial charge on any atom is 0.126 e. The molecule has 0 aromatic carbocycles. The first-order valence-electron chi connectivity index (χ1n) is 7.60. The zero-order valence-electron chi connectivity index (χ0n) is 11.4. The van der Waals surface area contributed by atoms with Gasteiger partial charge in [0.2, 0.25) is 0 Å². The smallest absolute Gasteiger partial charge is 0.126 e. The van der Waals surface area contributed by atoms with Crippen molar-refractivity contribution in [1.82, 2.24) is 4.98 Å². The molecule has 18 heavy (non-hydrogen) atoms. The molecule has 0 spiro atoms. The molecule has 0 aliphatic heterocycles. The average molecular weight is 244 g/mol. The third-order valence-corrected chi connectivity index (χ3v) is 4.64. The Morgan fingerprint density at radius 1 is 1.22 bits per heavy atom. The summed E-state index contributed by atoms with van der Waals surface area (Å²) in [5.41, 5.74) is 2.80. The molecule has 2 atom stereocenters. The van der Waals surface area contributed by atoms with Crippen LogP contribution in [0.3, 0.4) is 0 Å². The Kier molecular flexibility index (Phi) is 3.53. The molecule has 1 N–H and O–H groups in total. The summed E-state index contributed by atoms with van der Waals surface area (Å²) >= 11 is 0. The summed E-state index contributed by atoms with van der Waals surface area (Å²) < 4.78 is 0. The third-order valence-electron chi connectivity index (χ3n) is 4.64. The highest BCUT2D eigenvalue weighted by Crippen LogP contribution is 2.29. The van der Waals surface area contributed by atoms with Crippen LogP contribution in [0.2, 0.25) is 0 Å². The van der Waals surface area contributed by atoms with Crippen molar-refractivity contribution in [2.75, 3.05) is 5.32 Å². The molecule has 1 heterocycles. The van der Waals surface area contributed by atoms with Gasteiger partial charge in [-0.05, 0) is 49.7 Å². The van der Waals surface area contributed by atoms with Crippen LogP contribution in [0, 0.1) is 5.92 Å². The van der Waals surface area contributed by atoms with Crippen LogP contribution in [0.5, 0.6) is 0 Å². The van der Waals surface area contributed by atoms with Crippen molar-refractivity contribution in [2.24, 2.45) is 5.92 Å². The molecule has 2 aliphatic carbocycles. The fraction of sp³-hybridized carbons (Fsp3) is 0.688. The fourth-order valence-electron chi connectivity index (χ4n) is 3.50. The molecule has 0 radical (unpaired) electrons. The summed E-state index contributed by atoms with van der Waals surface area (Å²) in [6, 6.07) is 5.10. The first kappa shape index (κ1) is 12.0. The first-order valence-corrected chi connectivity index (χ1v) is 7.60. The Morgan fingerprint density at radius 3 is 3.06 bits per heavy atom. The van der Waals surface area contributed by atoms with Gasteiger partial charge in [-0.3, -0.25) is 0 Å². The van der Waals surface area contributed by atoms with Gasteiger partial charge in [-0.15, -0.1) is 0 Å². The van der Waals surface area contributed by atoms with E-state index in [0.717, 1.165) is 11.7 Å². The van der Waals surface area contributed by atoms with Gasteiger partial charge in [-0.1, -0.05) is 32.3 Å². The van der Waals surface area contributed by atoms with Gasteiger partial charge in [0.15, 0.2) is 0 Å². The summed E-state index contributed by atoms with van der Waals surface area (Å²) in [5, 5.41) is 3.66. The number of aryl methyl sites for hydroxylation is 2. The van der Waals surface area contributed by atoms with Gasteiger partial charge in [0.1, 0.15) is 5.82 Å². The molecular weight excluding hydrogens is 220 g/mol. The average Bonchev–Trinajstić information content (AvgIpc) is 2.86. The zero-order valence-corrected chi connectivity index (χ0v) is 11.4. The Morgan fingerprint density at radius 2 is 2.17 bits per heavy atom. The van der Waals surface area contributed by atoms with E-state index in [2.05, 4.69) is 24.4 Å². The zero-order chi connectivity index (χ0) is 12.4. The minimum absolute atomic E-state index is 0.649. The van der Waals surface area contributed by atoms with Crippen LogP contribution in [-0.2, 0) is 12.8 Å². The number of anilines is 1. The summed E-state index contributed by atoms with van der Waals surface area (Å²) in [6.07, 6.45) is 10.5. The van der Waals surface area contributed by atoms with Gasteiger partial charge >= 0.3 is 0 Å². The number of hydrogen-bond acceptors (Lipinski definition) is 2. The molecule has 98 valence electrons. The van der Waals surface area contributed by atoms with Crippen molar-refractivity contribution < 1.29 is 0 Å². The summed E-state index contributed by atoms with van der Waals surface area (Å²) in [7, 11) is 0. The Balaban J connectivity index is 1.65. The second-order valence-corrected chi connectivity index (χ2v) is 5.94. The fourth-order valence-corrected chi connectivity index (χ4v) is 3.50. The van der Waals surface area contributed by atoms with Crippen molar-refractivity contribution in [3.8, 4) is 0 Å². The van der Waals surface area contributed by atoms with Crippen molar-refractivity contribution in [1.29, 1.82) is 0 Å². The van der Waals surface area contributed by atoms with Crippen LogP contribution in [0.25, 0.3) is 0 Å². The van der Waals surface area contributed by atoms with Crippen LogP contribution < -0.4 is 5.32 Å². The van der Waals surface area contributed by atoms with Gasteiger partial charge in [-0.25, -0.2) is 4.98 Å². The van der Waals surface area contributed by atoms with Gasteiger partial charge in [0.05, 0.1) is 0 Å². The number of fused-ring (bicyclic) bond motifs is 1. The maximum atomic E-state index is 4.79. The summed E-state index contributed by atoms with van der Waals surface area (Å²) in [4.78, 5) is 4.79. The molecule has 0 bridgehead atoms. The monoisotopic (exact) mass is 244 g/mol. The predicted octanol–water partition coefficient (Wildman–Crippen LogP) is 3.95. The first-order chi connectivity index (χ1) is 8.85. The molecule has 2 aliphatic rings. The lowest BCUT2D eigenvalue weighted by Crippen LogP contribution is -2.27. The van der Waals surface area contributed by atoms with E-state index in [1.165, 1.54) is 62.6 Å². The van der Waals surface area contributed by atoms with Crippen molar-refractivity contribution >= 4 is 5.82 Å². The van der Waals surface area contributed by atoms with E-state index < -0.39 is 0 Å². The topological polar surface area (TPSA) is 24.9 Å². The van der Waals surface area contributed by atoms with Crippen molar-refractivity contribution in [2.45, 2.75) is 64.3 Å². The summed E-state index contributed by atoms with van der Waals surface area (Å²) in [5.74, 6) is 2.03. The normalized spacial score (nSPS) is 26.9. The van der Waals surface area contributed by atoms with Crippen LogP contribution >= 0.6 is 0 Å². The van der Waals surface area contributed by atoms with E-state index >= 15 is 0 Å². The van der Waals surface area contributed by atoms with Crippen LogP contribution in [0.4, 0.5) is 5.82 Å². The predicted molar refractivity (Wildman–Crippen MR) is 75.9 cm³/mol. The lowest BCUT2D eigenvalue weighted by Gasteiger charge is -2.29. The Hall–Kier alpha value is -1.05. The van der Waals surface area contributed by atoms with E-state index in [0.29, 0.717) is 6.04 Å². The Labute approximate surface area is 110 Å².